The molecule has 128 valence electrons. The quantitative estimate of drug-likeness (QED) is 0.872. The van der Waals surface area contributed by atoms with Crippen LogP contribution in [0.5, 0.6) is 0 Å². The minimum atomic E-state index is -3.75. The zero-order valence-corrected chi connectivity index (χ0v) is 15.5. The lowest BCUT2D eigenvalue weighted by molar-refractivity contribution is 0.0794. The van der Waals surface area contributed by atoms with E-state index in [0.29, 0.717) is 23.7 Å². The number of aryl methyl sites for hydroxylation is 1. The van der Waals surface area contributed by atoms with Crippen molar-refractivity contribution in [3.05, 3.63) is 45.8 Å². The van der Waals surface area contributed by atoms with Gasteiger partial charge in [-0.1, -0.05) is 11.6 Å². The molecule has 0 radical (unpaired) electrons. The van der Waals surface area contributed by atoms with Crippen LogP contribution in [-0.2, 0) is 10.0 Å². The van der Waals surface area contributed by atoms with E-state index in [1.54, 1.807) is 29.2 Å². The molecule has 0 saturated carbocycles. The lowest BCUT2D eigenvalue weighted by atomic mass is 10.1. The summed E-state index contributed by atoms with van der Waals surface area (Å²) in [5.74, 6) is -0.177. The van der Waals surface area contributed by atoms with Crippen LogP contribution < -0.4 is 4.72 Å². The number of thiophene rings is 1. The molecule has 0 bridgehead atoms. The summed E-state index contributed by atoms with van der Waals surface area (Å²) in [5.41, 5.74) is 0.531. The highest BCUT2D eigenvalue weighted by Gasteiger charge is 2.25. The molecule has 1 aliphatic rings. The maximum atomic E-state index is 12.7. The van der Waals surface area contributed by atoms with Crippen LogP contribution in [0.15, 0.2) is 34.5 Å². The highest BCUT2D eigenvalue weighted by Crippen LogP contribution is 2.28. The largest absolute Gasteiger partial charge is 0.339 e. The zero-order chi connectivity index (χ0) is 17.3. The van der Waals surface area contributed by atoms with Crippen molar-refractivity contribution in [2.75, 3.05) is 17.8 Å². The van der Waals surface area contributed by atoms with Gasteiger partial charge in [-0.15, -0.1) is 11.3 Å². The van der Waals surface area contributed by atoms with Crippen molar-refractivity contribution in [3.8, 4) is 0 Å². The van der Waals surface area contributed by atoms with Crippen molar-refractivity contribution < 1.29 is 13.2 Å². The summed E-state index contributed by atoms with van der Waals surface area (Å²) in [5, 5.41) is 0.369. The lowest BCUT2D eigenvalue weighted by Crippen LogP contribution is -2.28. The van der Waals surface area contributed by atoms with Crippen molar-refractivity contribution in [2.24, 2.45) is 0 Å². The fraction of sp³-hybridized carbons (Fsp3) is 0.312. The normalized spacial score (nSPS) is 14.8. The second kappa shape index (κ2) is 6.74. The maximum absolute atomic E-state index is 12.7. The highest BCUT2D eigenvalue weighted by molar-refractivity contribution is 7.94. The van der Waals surface area contributed by atoms with Crippen LogP contribution in [0.25, 0.3) is 0 Å². The molecule has 1 amide bonds. The van der Waals surface area contributed by atoms with Crippen molar-refractivity contribution >= 4 is 44.6 Å². The molecule has 2 heterocycles. The number of carbonyl (C=O) groups excluding carboxylic acids is 1. The van der Waals surface area contributed by atoms with E-state index in [1.165, 1.54) is 17.4 Å². The maximum Gasteiger partial charge on any atom is 0.271 e. The van der Waals surface area contributed by atoms with Gasteiger partial charge in [0.1, 0.15) is 4.21 Å². The van der Waals surface area contributed by atoms with Gasteiger partial charge in [0.05, 0.1) is 11.3 Å². The number of nitrogens with one attached hydrogen (secondary N) is 1. The van der Waals surface area contributed by atoms with Crippen LogP contribution in [0.2, 0.25) is 5.02 Å². The summed E-state index contributed by atoms with van der Waals surface area (Å²) >= 11 is 7.18. The Morgan fingerprint density at radius 2 is 1.92 bits per heavy atom. The Hall–Kier alpha value is -1.57. The second-order valence-corrected chi connectivity index (χ2v) is 9.29. The number of hydrogen-bond donors (Lipinski definition) is 1. The number of carbonyl (C=O) groups is 1. The molecular weight excluding hydrogens is 368 g/mol. The van der Waals surface area contributed by atoms with E-state index in [2.05, 4.69) is 4.72 Å². The van der Waals surface area contributed by atoms with Crippen LogP contribution in [0.3, 0.4) is 0 Å². The summed E-state index contributed by atoms with van der Waals surface area (Å²) in [6.45, 7) is 3.22. The molecule has 0 unspecified atom stereocenters. The Morgan fingerprint density at radius 1 is 1.21 bits per heavy atom. The monoisotopic (exact) mass is 384 g/mol. The molecule has 2 aromatic rings. The molecule has 8 heteroatoms. The first-order valence-electron chi connectivity index (χ1n) is 7.55. The highest BCUT2D eigenvalue weighted by atomic mass is 35.5. The van der Waals surface area contributed by atoms with Crippen molar-refractivity contribution in [1.29, 1.82) is 0 Å². The van der Waals surface area contributed by atoms with Gasteiger partial charge in [0.15, 0.2) is 0 Å². The Labute approximate surface area is 150 Å². The number of sulfonamides is 1. The van der Waals surface area contributed by atoms with Gasteiger partial charge >= 0.3 is 0 Å². The molecule has 1 aliphatic heterocycles. The van der Waals surface area contributed by atoms with Gasteiger partial charge < -0.3 is 4.90 Å². The molecule has 1 aromatic heterocycles. The van der Waals surface area contributed by atoms with E-state index in [4.69, 9.17) is 11.6 Å². The van der Waals surface area contributed by atoms with Gasteiger partial charge in [-0.05, 0) is 50.1 Å². The van der Waals surface area contributed by atoms with Crippen molar-refractivity contribution in [1.82, 2.24) is 4.90 Å². The van der Waals surface area contributed by atoms with Crippen molar-refractivity contribution in [2.45, 2.75) is 24.0 Å². The number of rotatable bonds is 4. The molecule has 3 rings (SSSR count). The number of hydrogen-bond acceptors (Lipinski definition) is 4. The van der Waals surface area contributed by atoms with Gasteiger partial charge in [0.25, 0.3) is 15.9 Å². The first kappa shape index (κ1) is 17.3. The van der Waals surface area contributed by atoms with E-state index in [1.807, 2.05) is 6.92 Å². The SMILES string of the molecule is Cc1ccc(S(=O)(=O)Nc2cc(Cl)ccc2C(=O)N2CCCC2)s1. The lowest BCUT2D eigenvalue weighted by Gasteiger charge is -2.18. The van der Waals surface area contributed by atoms with Crippen LogP contribution in [0, 0.1) is 6.92 Å². The summed E-state index contributed by atoms with van der Waals surface area (Å²) in [6.07, 6.45) is 1.93. The van der Waals surface area contributed by atoms with Crippen LogP contribution >= 0.6 is 22.9 Å². The van der Waals surface area contributed by atoms with E-state index in [9.17, 15) is 13.2 Å². The van der Waals surface area contributed by atoms with Crippen molar-refractivity contribution in [3.63, 3.8) is 0 Å². The zero-order valence-electron chi connectivity index (χ0n) is 13.1. The number of halogens is 1. The van der Waals surface area contributed by atoms with Crippen LogP contribution in [0.1, 0.15) is 28.1 Å². The molecule has 1 aromatic carbocycles. The second-order valence-electron chi connectivity index (χ2n) is 5.66. The average molecular weight is 385 g/mol. The minimum absolute atomic E-state index is 0.177. The first-order chi connectivity index (χ1) is 11.4. The standard InChI is InChI=1S/C16H17ClN2O3S2/c1-11-4-7-15(23-11)24(21,22)18-14-10-12(17)5-6-13(14)16(20)19-8-2-3-9-19/h4-7,10,18H,2-3,8-9H2,1H3. The molecule has 5 nitrogen and oxygen atoms in total. The molecule has 1 saturated heterocycles. The van der Waals surface area contributed by atoms with Gasteiger partial charge in [0.2, 0.25) is 0 Å². The van der Waals surface area contributed by atoms with Crippen LogP contribution in [0.4, 0.5) is 5.69 Å². The predicted octanol–water partition coefficient (Wildman–Crippen LogP) is 3.75. The topological polar surface area (TPSA) is 66.5 Å². The third-order valence-corrected chi connectivity index (χ3v) is 6.92. The van der Waals surface area contributed by atoms with E-state index < -0.39 is 10.0 Å². The van der Waals surface area contributed by atoms with E-state index in [0.717, 1.165) is 17.7 Å². The van der Waals surface area contributed by atoms with E-state index in [-0.39, 0.29) is 15.8 Å². The van der Waals surface area contributed by atoms with E-state index >= 15 is 0 Å². The Bertz CT molecular complexity index is 871. The first-order valence-corrected chi connectivity index (χ1v) is 10.2. The van der Waals surface area contributed by atoms with Gasteiger partial charge in [0, 0.05) is 23.0 Å². The molecule has 1 N–H and O–H groups in total. The van der Waals surface area contributed by atoms with Gasteiger partial charge in [-0.25, -0.2) is 8.42 Å². The molecular formula is C16H17ClN2O3S2. The number of likely N-dealkylation sites (tertiary alicyclic amines) is 1. The fourth-order valence-electron chi connectivity index (χ4n) is 2.63. The number of amides is 1. The minimum Gasteiger partial charge on any atom is -0.339 e. The summed E-state index contributed by atoms with van der Waals surface area (Å²) in [4.78, 5) is 15.3. The predicted molar refractivity (Wildman–Crippen MR) is 96.5 cm³/mol. The summed E-state index contributed by atoms with van der Waals surface area (Å²) in [7, 11) is -3.75. The third kappa shape index (κ3) is 3.58. The van der Waals surface area contributed by atoms with Crippen LogP contribution in [-0.4, -0.2) is 32.3 Å². The summed E-state index contributed by atoms with van der Waals surface area (Å²) < 4.78 is 27.8. The summed E-state index contributed by atoms with van der Waals surface area (Å²) in [6, 6.07) is 7.93. The molecule has 0 aliphatic carbocycles. The van der Waals surface area contributed by atoms with Gasteiger partial charge in [-0.2, -0.15) is 0 Å². The number of nitrogens with zero attached hydrogens (tertiary/aromatic N) is 1. The third-order valence-electron chi connectivity index (χ3n) is 3.83. The molecule has 0 atom stereocenters. The molecule has 0 spiro atoms. The fourth-order valence-corrected chi connectivity index (χ4v) is 5.16. The molecule has 1 fully saturated rings. The molecule has 24 heavy (non-hydrogen) atoms. The van der Waals surface area contributed by atoms with Gasteiger partial charge in [-0.3, -0.25) is 9.52 Å². The number of anilines is 1. The number of benzene rings is 1. The Kier molecular flexibility index (Phi) is 4.85. The Balaban J connectivity index is 1.95. The Morgan fingerprint density at radius 3 is 2.54 bits per heavy atom. The smallest absolute Gasteiger partial charge is 0.271 e. The average Bonchev–Trinajstić information content (AvgIpc) is 3.17.